The Hall–Kier alpha value is -3.95. The van der Waals surface area contributed by atoms with E-state index < -0.39 is 11.7 Å². The Bertz CT molecular complexity index is 1010. The number of nitrogens with zero attached hydrogens (tertiary/aromatic N) is 6. The summed E-state index contributed by atoms with van der Waals surface area (Å²) in [6.07, 6.45) is 0. The van der Waals surface area contributed by atoms with Crippen LogP contribution in [-0.4, -0.2) is 42.6 Å². The smallest absolute Gasteiger partial charge is 0.292 e. The number of Topliss-reactive ketones (excluding diaryl/α,β-unsaturated/α-hetero) is 1. The molecule has 0 fully saturated rings. The molecule has 2 heterocycles. The molecule has 0 aliphatic rings. The number of anilines is 1. The van der Waals surface area contributed by atoms with Crippen LogP contribution < -0.4 is 5.32 Å². The lowest BCUT2D eigenvalue weighted by atomic mass is 10.1. The van der Waals surface area contributed by atoms with Crippen LogP contribution in [0.4, 0.5) is 5.82 Å². The summed E-state index contributed by atoms with van der Waals surface area (Å²) in [7, 11) is 1.70. The first-order valence-electron chi connectivity index (χ1n) is 8.30. The third-order valence-corrected chi connectivity index (χ3v) is 3.62. The Labute approximate surface area is 160 Å². The minimum Gasteiger partial charge on any atom is -0.389 e. The fourth-order valence-corrected chi connectivity index (χ4v) is 2.25. The van der Waals surface area contributed by atoms with Crippen molar-refractivity contribution in [3.05, 3.63) is 65.6 Å². The molecule has 0 radical (unpaired) electrons. The molecule has 10 nitrogen and oxygen atoms in total. The monoisotopic (exact) mass is 379 g/mol. The van der Waals surface area contributed by atoms with Gasteiger partial charge in [0.1, 0.15) is 5.82 Å². The lowest BCUT2D eigenvalue weighted by Crippen LogP contribution is -2.20. The number of carbonyl (C=O) groups is 2. The number of pyridine rings is 1. The summed E-state index contributed by atoms with van der Waals surface area (Å²) in [5, 5.41) is 18.0. The molecule has 0 saturated carbocycles. The molecule has 1 amide bonds. The molecular weight excluding hydrogens is 362 g/mol. The molecule has 0 saturated heterocycles. The first-order chi connectivity index (χ1) is 13.5. The molecule has 3 rings (SSSR count). The number of aromatic nitrogens is 5. The minimum atomic E-state index is -0.732. The topological polar surface area (TPSA) is 124 Å². The van der Waals surface area contributed by atoms with E-state index in [1.54, 1.807) is 25.2 Å². The number of carbonyl (C=O) groups excluding carboxylic acids is 2. The first kappa shape index (κ1) is 18.8. The summed E-state index contributed by atoms with van der Waals surface area (Å²) in [4.78, 5) is 32.2. The Morgan fingerprint density at radius 2 is 1.93 bits per heavy atom. The van der Waals surface area contributed by atoms with Gasteiger partial charge >= 0.3 is 0 Å². The van der Waals surface area contributed by atoms with E-state index in [0.29, 0.717) is 17.2 Å². The van der Waals surface area contributed by atoms with E-state index in [9.17, 15) is 9.59 Å². The Morgan fingerprint density at radius 1 is 1.14 bits per heavy atom. The van der Waals surface area contributed by atoms with E-state index in [1.165, 1.54) is 11.6 Å². The highest BCUT2D eigenvalue weighted by molar-refractivity contribution is 6.39. The second-order valence-corrected chi connectivity index (χ2v) is 5.73. The lowest BCUT2D eigenvalue weighted by Gasteiger charge is -2.07. The molecule has 0 aliphatic carbocycles. The van der Waals surface area contributed by atoms with Gasteiger partial charge in [0.05, 0.1) is 5.69 Å². The maximum absolute atomic E-state index is 11.5. The second kappa shape index (κ2) is 8.62. The van der Waals surface area contributed by atoms with Crippen molar-refractivity contribution < 1.29 is 14.4 Å². The molecule has 1 aromatic carbocycles. The maximum atomic E-state index is 11.5. The average molecular weight is 379 g/mol. The number of benzene rings is 1. The zero-order chi connectivity index (χ0) is 19.9. The molecule has 1 N–H and O–H groups in total. The number of amides is 1. The molecule has 0 unspecified atom stereocenters. The van der Waals surface area contributed by atoms with Gasteiger partial charge in [-0.1, -0.05) is 41.6 Å². The van der Waals surface area contributed by atoms with Gasteiger partial charge in [0, 0.05) is 19.5 Å². The van der Waals surface area contributed by atoms with Crippen LogP contribution in [0.25, 0.3) is 0 Å². The number of hydrogen-bond acceptors (Lipinski definition) is 8. The fourth-order valence-electron chi connectivity index (χ4n) is 2.25. The van der Waals surface area contributed by atoms with Crippen molar-refractivity contribution in [2.45, 2.75) is 13.5 Å². The predicted molar refractivity (Wildman–Crippen MR) is 99.2 cm³/mol. The number of hydrogen-bond donors (Lipinski definition) is 1. The van der Waals surface area contributed by atoms with Crippen LogP contribution >= 0.6 is 0 Å². The van der Waals surface area contributed by atoms with Gasteiger partial charge in [-0.05, 0) is 22.6 Å². The lowest BCUT2D eigenvalue weighted by molar-refractivity contribution is -0.133. The van der Waals surface area contributed by atoms with Crippen molar-refractivity contribution in [3.63, 3.8) is 0 Å². The molecule has 0 spiro atoms. The van der Waals surface area contributed by atoms with E-state index >= 15 is 0 Å². The number of oxime groups is 1. The van der Waals surface area contributed by atoms with Gasteiger partial charge in [0.25, 0.3) is 5.91 Å². The molecule has 28 heavy (non-hydrogen) atoms. The zero-order valence-electron chi connectivity index (χ0n) is 15.2. The number of ketones is 1. The van der Waals surface area contributed by atoms with Crippen LogP contribution in [0.3, 0.4) is 0 Å². The van der Waals surface area contributed by atoms with Gasteiger partial charge in [0.2, 0.25) is 11.6 Å². The van der Waals surface area contributed by atoms with Gasteiger partial charge in [-0.3, -0.25) is 9.59 Å². The highest BCUT2D eigenvalue weighted by Crippen LogP contribution is 2.10. The molecule has 142 valence electrons. The molecule has 2 aromatic heterocycles. The van der Waals surface area contributed by atoms with Crippen LogP contribution in [0, 0.1) is 0 Å². The van der Waals surface area contributed by atoms with E-state index in [0.717, 1.165) is 5.56 Å². The molecule has 10 heteroatoms. The molecule has 3 aromatic rings. The fraction of sp³-hybridized carbons (Fsp3) is 0.167. The van der Waals surface area contributed by atoms with Crippen molar-refractivity contribution in [3.8, 4) is 0 Å². The standard InChI is InChI=1S/C18H17N7O3/c1-12(26)18(27)20-15-10-6-9-14(19-15)11-28-22-16(13-7-4-3-5-8-13)17-21-23-24-25(17)2/h3-10H,11H2,1-2H3,(H,19,20,27)/b22-16-. The van der Waals surface area contributed by atoms with Crippen molar-refractivity contribution in [2.24, 2.45) is 12.2 Å². The number of aryl methyl sites for hydroxylation is 1. The van der Waals surface area contributed by atoms with Gasteiger partial charge in [-0.2, -0.15) is 0 Å². The summed E-state index contributed by atoms with van der Waals surface area (Å²) < 4.78 is 1.49. The number of tetrazole rings is 1. The Kier molecular flexibility index (Phi) is 5.80. The SMILES string of the molecule is CC(=O)C(=O)Nc1cccc(CO/N=C(/c2ccccc2)c2nnnn2C)n1. The highest BCUT2D eigenvalue weighted by atomic mass is 16.6. The molecular formula is C18H17N7O3. The maximum Gasteiger partial charge on any atom is 0.292 e. The minimum absolute atomic E-state index is 0.0470. The van der Waals surface area contributed by atoms with Crippen molar-refractivity contribution in [2.75, 3.05) is 5.32 Å². The summed E-state index contributed by atoms with van der Waals surface area (Å²) in [6.45, 7) is 1.23. The van der Waals surface area contributed by atoms with Gasteiger partial charge in [-0.15, -0.1) is 5.10 Å². The molecule has 0 aliphatic heterocycles. The number of rotatable bonds is 7. The third-order valence-electron chi connectivity index (χ3n) is 3.62. The largest absolute Gasteiger partial charge is 0.389 e. The summed E-state index contributed by atoms with van der Waals surface area (Å²) >= 11 is 0. The van der Waals surface area contributed by atoms with Crippen LogP contribution in [0.2, 0.25) is 0 Å². The van der Waals surface area contributed by atoms with E-state index in [1.807, 2.05) is 30.3 Å². The van der Waals surface area contributed by atoms with Crippen molar-refractivity contribution in [1.29, 1.82) is 0 Å². The average Bonchev–Trinajstić information content (AvgIpc) is 3.12. The molecule has 0 atom stereocenters. The van der Waals surface area contributed by atoms with E-state index in [2.05, 4.69) is 31.0 Å². The van der Waals surface area contributed by atoms with E-state index in [-0.39, 0.29) is 12.4 Å². The van der Waals surface area contributed by atoms with Crippen molar-refractivity contribution >= 4 is 23.2 Å². The molecule has 0 bridgehead atoms. The second-order valence-electron chi connectivity index (χ2n) is 5.73. The number of nitrogens with one attached hydrogen (secondary N) is 1. The van der Waals surface area contributed by atoms with E-state index in [4.69, 9.17) is 4.84 Å². The normalized spacial score (nSPS) is 11.1. The van der Waals surface area contributed by atoms with Gasteiger partial charge in [0.15, 0.2) is 12.3 Å². The summed E-state index contributed by atoms with van der Waals surface area (Å²) in [5.74, 6) is -0.629. The predicted octanol–water partition coefficient (Wildman–Crippen LogP) is 1.10. The van der Waals surface area contributed by atoms with Crippen molar-refractivity contribution in [1.82, 2.24) is 25.2 Å². The van der Waals surface area contributed by atoms with Crippen LogP contribution in [0.5, 0.6) is 0 Å². The zero-order valence-corrected chi connectivity index (χ0v) is 15.2. The van der Waals surface area contributed by atoms with Gasteiger partial charge in [-0.25, -0.2) is 9.67 Å². The quantitative estimate of drug-likeness (QED) is 0.370. The summed E-state index contributed by atoms with van der Waals surface area (Å²) in [5.41, 5.74) is 1.78. The van der Waals surface area contributed by atoms with Crippen LogP contribution in [0.15, 0.2) is 53.7 Å². The Morgan fingerprint density at radius 3 is 2.61 bits per heavy atom. The third kappa shape index (κ3) is 4.61. The summed E-state index contributed by atoms with van der Waals surface area (Å²) in [6, 6.07) is 14.4. The van der Waals surface area contributed by atoms with Gasteiger partial charge < -0.3 is 10.2 Å². The van der Waals surface area contributed by atoms with Crippen LogP contribution in [0.1, 0.15) is 24.0 Å². The first-order valence-corrected chi connectivity index (χ1v) is 8.30. The Balaban J connectivity index is 1.77. The highest BCUT2D eigenvalue weighted by Gasteiger charge is 2.15. The van der Waals surface area contributed by atoms with Crippen LogP contribution in [-0.2, 0) is 28.1 Å².